The van der Waals surface area contributed by atoms with Crippen LogP contribution in [0.15, 0.2) is 24.3 Å². The van der Waals surface area contributed by atoms with E-state index in [1.807, 2.05) is 0 Å². The van der Waals surface area contributed by atoms with Crippen molar-refractivity contribution in [3.05, 3.63) is 24.3 Å². The average molecular weight is 479 g/mol. The first kappa shape index (κ1) is 32.1. The van der Waals surface area contributed by atoms with E-state index in [0.29, 0.717) is 5.90 Å². The molecule has 0 unspecified atom stereocenters. The molecule has 0 atom stereocenters. The quantitative estimate of drug-likeness (QED) is 0.0466. The topological polar surface area (TPSA) is 36.3 Å². The predicted octanol–water partition coefficient (Wildman–Crippen LogP) is 9.40. The van der Waals surface area contributed by atoms with Crippen LogP contribution in [0.2, 0.25) is 0 Å². The zero-order valence-electron chi connectivity index (χ0n) is 22.2. The Morgan fingerprint density at radius 3 is 1.82 bits per heavy atom. The summed E-state index contributed by atoms with van der Waals surface area (Å²) in [5.41, 5.74) is 0. The molecule has 0 fully saturated rings. The number of methoxy groups -OCH3 is 1. The van der Waals surface area contributed by atoms with Crippen molar-refractivity contribution in [2.45, 2.75) is 122 Å². The van der Waals surface area contributed by atoms with Gasteiger partial charge in [0.05, 0.1) is 7.11 Å². The largest absolute Gasteiger partial charge is 0.484 e. The fraction of sp³-hybridized carbons (Fsp3) is 0.793. The molecule has 0 bridgehead atoms. The van der Waals surface area contributed by atoms with Crippen molar-refractivity contribution in [3.63, 3.8) is 0 Å². The second kappa shape index (κ2) is 27.3. The molecule has 0 saturated carbocycles. The van der Waals surface area contributed by atoms with E-state index in [2.05, 4.69) is 42.4 Å². The van der Waals surface area contributed by atoms with E-state index >= 15 is 0 Å². The van der Waals surface area contributed by atoms with Gasteiger partial charge in [0.15, 0.2) is 5.90 Å². The SMILES string of the molecule is C=PCN(CCCCCCC/C=C\C/C=C\CCCCCC)CCCCCCCC(=N)OC. The lowest BCUT2D eigenvalue weighted by atomic mass is 10.1. The summed E-state index contributed by atoms with van der Waals surface area (Å²) in [5, 5.41) is 7.50. The molecule has 0 aromatic carbocycles. The lowest BCUT2D eigenvalue weighted by Crippen LogP contribution is -2.24. The molecule has 0 heterocycles. The standard InChI is InChI=1S/C29H55N2OP/c1-4-5-6-7-8-9-10-11-12-13-14-15-16-17-20-23-26-31(28-33-3)27-24-21-18-19-22-25-29(30)32-2/h9-10,12-13,30H,3-8,11,14-28H2,1-2H3/b10-9-,13-12-,30-29?. The van der Waals surface area contributed by atoms with Crippen LogP contribution in [0.1, 0.15) is 122 Å². The second-order valence-electron chi connectivity index (χ2n) is 9.21. The fourth-order valence-corrected chi connectivity index (χ4v) is 4.54. The Labute approximate surface area is 208 Å². The van der Waals surface area contributed by atoms with Gasteiger partial charge in [-0.05, 0) is 64.5 Å². The maximum Gasteiger partial charge on any atom is 0.180 e. The summed E-state index contributed by atoms with van der Waals surface area (Å²) in [6.45, 7) is 4.72. The van der Waals surface area contributed by atoms with Gasteiger partial charge in [-0.25, -0.2) is 0 Å². The smallest absolute Gasteiger partial charge is 0.180 e. The van der Waals surface area contributed by atoms with Crippen molar-refractivity contribution in [2.75, 3.05) is 26.5 Å². The molecular weight excluding hydrogens is 423 g/mol. The number of hydrogen-bond donors (Lipinski definition) is 1. The van der Waals surface area contributed by atoms with Gasteiger partial charge in [0, 0.05) is 12.7 Å². The minimum atomic E-state index is 0.420. The van der Waals surface area contributed by atoms with Crippen molar-refractivity contribution in [1.82, 2.24) is 4.90 Å². The summed E-state index contributed by atoms with van der Waals surface area (Å²) in [7, 11) is 2.83. The molecular formula is C29H55N2OP. The third kappa shape index (κ3) is 25.5. The Hall–Kier alpha value is -0.920. The number of nitrogens with zero attached hydrogens (tertiary/aromatic N) is 1. The molecule has 0 aliphatic heterocycles. The molecule has 3 nitrogen and oxygen atoms in total. The molecule has 192 valence electrons. The molecule has 33 heavy (non-hydrogen) atoms. The van der Waals surface area contributed by atoms with Crippen molar-refractivity contribution in [2.24, 2.45) is 0 Å². The lowest BCUT2D eigenvalue weighted by molar-refractivity contribution is 0.302. The van der Waals surface area contributed by atoms with Gasteiger partial charge in [0.1, 0.15) is 0 Å². The van der Waals surface area contributed by atoms with Crippen LogP contribution >= 0.6 is 8.20 Å². The summed E-state index contributed by atoms with van der Waals surface area (Å²) >= 11 is 0. The first-order chi connectivity index (χ1) is 16.2. The monoisotopic (exact) mass is 478 g/mol. The predicted molar refractivity (Wildman–Crippen MR) is 152 cm³/mol. The number of ether oxygens (including phenoxy) is 1. The van der Waals surface area contributed by atoms with E-state index < -0.39 is 0 Å². The molecule has 4 heteroatoms. The van der Waals surface area contributed by atoms with Crippen LogP contribution in [0.5, 0.6) is 0 Å². The first-order valence-corrected chi connectivity index (χ1v) is 15.1. The summed E-state index contributed by atoms with van der Waals surface area (Å²) in [4.78, 5) is 2.61. The van der Waals surface area contributed by atoms with E-state index in [4.69, 9.17) is 10.1 Å². The van der Waals surface area contributed by atoms with E-state index in [1.54, 1.807) is 7.11 Å². The number of nitrogens with one attached hydrogen (secondary N) is 1. The molecule has 0 radical (unpaired) electrons. The lowest BCUT2D eigenvalue weighted by Gasteiger charge is -2.20. The van der Waals surface area contributed by atoms with Crippen LogP contribution in [0.3, 0.4) is 0 Å². The van der Waals surface area contributed by atoms with E-state index in [-0.39, 0.29) is 0 Å². The summed E-state index contributed by atoms with van der Waals surface area (Å²) in [6.07, 6.45) is 37.3. The van der Waals surface area contributed by atoms with Crippen LogP contribution in [-0.4, -0.2) is 43.6 Å². The average Bonchev–Trinajstić information content (AvgIpc) is 2.82. The molecule has 0 aliphatic carbocycles. The van der Waals surface area contributed by atoms with Gasteiger partial charge in [-0.2, -0.15) is 0 Å². The Kier molecular flexibility index (Phi) is 26.6. The van der Waals surface area contributed by atoms with Gasteiger partial charge in [-0.1, -0.05) is 104 Å². The molecule has 0 aromatic heterocycles. The van der Waals surface area contributed by atoms with Crippen LogP contribution in [0.25, 0.3) is 0 Å². The number of rotatable bonds is 25. The summed E-state index contributed by atoms with van der Waals surface area (Å²) < 4.78 is 4.91. The number of hydrogen-bond acceptors (Lipinski definition) is 3. The molecule has 0 aromatic rings. The Morgan fingerprint density at radius 1 is 0.758 bits per heavy atom. The van der Waals surface area contributed by atoms with Crippen LogP contribution in [-0.2, 0) is 4.74 Å². The maximum atomic E-state index is 7.50. The van der Waals surface area contributed by atoms with Gasteiger partial charge < -0.3 is 4.74 Å². The molecule has 0 aliphatic rings. The molecule has 0 amide bonds. The zero-order chi connectivity index (χ0) is 24.2. The molecule has 0 spiro atoms. The highest BCUT2D eigenvalue weighted by Crippen LogP contribution is 2.11. The minimum Gasteiger partial charge on any atom is -0.484 e. The van der Waals surface area contributed by atoms with Gasteiger partial charge in [0.2, 0.25) is 0 Å². The molecule has 0 rings (SSSR count). The molecule has 0 saturated heterocycles. The van der Waals surface area contributed by atoms with Crippen LogP contribution in [0, 0.1) is 5.41 Å². The van der Waals surface area contributed by atoms with Gasteiger partial charge in [0.25, 0.3) is 0 Å². The highest BCUT2D eigenvalue weighted by molar-refractivity contribution is 7.36. The van der Waals surface area contributed by atoms with Gasteiger partial charge >= 0.3 is 0 Å². The Morgan fingerprint density at radius 2 is 1.27 bits per heavy atom. The fourth-order valence-electron chi connectivity index (χ4n) is 3.97. The van der Waals surface area contributed by atoms with Crippen LogP contribution in [0.4, 0.5) is 0 Å². The minimum absolute atomic E-state index is 0.420. The van der Waals surface area contributed by atoms with E-state index in [9.17, 15) is 0 Å². The number of unbranched alkanes of at least 4 members (excludes halogenated alkanes) is 13. The van der Waals surface area contributed by atoms with Crippen molar-refractivity contribution in [3.8, 4) is 0 Å². The second-order valence-corrected chi connectivity index (χ2v) is 9.94. The Bertz CT molecular complexity index is 490. The third-order valence-corrected chi connectivity index (χ3v) is 6.70. The van der Waals surface area contributed by atoms with Gasteiger partial charge in [-0.15, -0.1) is 0 Å². The number of allylic oxidation sites excluding steroid dienone is 4. The van der Waals surface area contributed by atoms with Crippen molar-refractivity contribution >= 4 is 20.4 Å². The van der Waals surface area contributed by atoms with Crippen molar-refractivity contribution < 1.29 is 4.74 Å². The normalized spacial score (nSPS) is 12.0. The third-order valence-electron chi connectivity index (χ3n) is 6.10. The first-order valence-electron chi connectivity index (χ1n) is 13.8. The summed E-state index contributed by atoms with van der Waals surface area (Å²) in [6, 6.07) is 0. The zero-order valence-corrected chi connectivity index (χ0v) is 23.1. The highest BCUT2D eigenvalue weighted by atomic mass is 31.1. The van der Waals surface area contributed by atoms with E-state index in [1.165, 1.54) is 118 Å². The molecule has 1 N–H and O–H groups in total. The van der Waals surface area contributed by atoms with E-state index in [0.717, 1.165) is 25.5 Å². The maximum absolute atomic E-state index is 7.50. The van der Waals surface area contributed by atoms with Crippen LogP contribution < -0.4 is 0 Å². The van der Waals surface area contributed by atoms with Crippen molar-refractivity contribution in [1.29, 1.82) is 5.41 Å². The highest BCUT2D eigenvalue weighted by Gasteiger charge is 2.03. The summed E-state index contributed by atoms with van der Waals surface area (Å²) in [5.74, 6) is 0.420. The van der Waals surface area contributed by atoms with Gasteiger partial charge in [-0.3, -0.25) is 10.3 Å². The Balaban J connectivity index is 3.53.